The standard InChI is InChI=1S/C8H17N/c1-8(2,3)5-6-4-7(6)9/h6-7H,4-5,9H2,1-3H3/t6-,7+/m0/s1. The van der Waals surface area contributed by atoms with Crippen molar-refractivity contribution in [1.29, 1.82) is 0 Å². The molecule has 0 aromatic rings. The third-order valence-electron chi connectivity index (χ3n) is 1.85. The van der Waals surface area contributed by atoms with Gasteiger partial charge in [-0.25, -0.2) is 0 Å². The van der Waals surface area contributed by atoms with Crippen LogP contribution in [0.5, 0.6) is 0 Å². The lowest BCUT2D eigenvalue weighted by molar-refractivity contribution is 0.350. The van der Waals surface area contributed by atoms with Gasteiger partial charge in [0.05, 0.1) is 0 Å². The summed E-state index contributed by atoms with van der Waals surface area (Å²) in [6.07, 6.45) is 2.56. The number of hydrogen-bond donors (Lipinski definition) is 1. The van der Waals surface area contributed by atoms with Gasteiger partial charge in [0.2, 0.25) is 0 Å². The van der Waals surface area contributed by atoms with Gasteiger partial charge < -0.3 is 5.73 Å². The Hall–Kier alpha value is -0.0400. The van der Waals surface area contributed by atoms with E-state index in [2.05, 4.69) is 20.8 Å². The van der Waals surface area contributed by atoms with Gasteiger partial charge in [0.1, 0.15) is 0 Å². The van der Waals surface area contributed by atoms with Crippen LogP contribution in [0.3, 0.4) is 0 Å². The molecule has 54 valence electrons. The van der Waals surface area contributed by atoms with E-state index in [1.54, 1.807) is 0 Å². The fourth-order valence-corrected chi connectivity index (χ4v) is 1.29. The quantitative estimate of drug-likeness (QED) is 0.570. The molecule has 1 aliphatic rings. The number of nitrogens with two attached hydrogens (primary N) is 1. The Labute approximate surface area is 57.6 Å². The lowest BCUT2D eigenvalue weighted by atomic mass is 9.89. The van der Waals surface area contributed by atoms with Crippen molar-refractivity contribution in [1.82, 2.24) is 0 Å². The van der Waals surface area contributed by atoms with Gasteiger partial charge in [-0.2, -0.15) is 0 Å². The lowest BCUT2D eigenvalue weighted by Crippen LogP contribution is -2.10. The van der Waals surface area contributed by atoms with Gasteiger partial charge in [0.25, 0.3) is 0 Å². The van der Waals surface area contributed by atoms with E-state index in [1.807, 2.05) is 0 Å². The van der Waals surface area contributed by atoms with Gasteiger partial charge in [-0.1, -0.05) is 20.8 Å². The highest BCUT2D eigenvalue weighted by Gasteiger charge is 2.35. The fourth-order valence-electron chi connectivity index (χ4n) is 1.29. The zero-order chi connectivity index (χ0) is 7.07. The first kappa shape index (κ1) is 7.07. The summed E-state index contributed by atoms with van der Waals surface area (Å²) >= 11 is 0. The molecule has 0 spiro atoms. The molecule has 1 nitrogen and oxygen atoms in total. The number of hydrogen-bond acceptors (Lipinski definition) is 1. The summed E-state index contributed by atoms with van der Waals surface area (Å²) in [5, 5.41) is 0. The zero-order valence-electron chi connectivity index (χ0n) is 6.65. The average molecular weight is 127 g/mol. The Morgan fingerprint density at radius 3 is 2.00 bits per heavy atom. The molecule has 1 fully saturated rings. The van der Waals surface area contributed by atoms with Crippen molar-refractivity contribution in [2.45, 2.75) is 39.7 Å². The molecule has 9 heavy (non-hydrogen) atoms. The molecule has 1 heteroatoms. The predicted octanol–water partition coefficient (Wildman–Crippen LogP) is 1.77. The molecule has 0 unspecified atom stereocenters. The molecule has 0 radical (unpaired) electrons. The zero-order valence-corrected chi connectivity index (χ0v) is 6.65. The molecular formula is C8H17N. The summed E-state index contributed by atoms with van der Waals surface area (Å²) in [6.45, 7) is 6.83. The first-order chi connectivity index (χ1) is 3.99. The van der Waals surface area contributed by atoms with Crippen molar-refractivity contribution in [3.63, 3.8) is 0 Å². The van der Waals surface area contributed by atoms with Gasteiger partial charge in [-0.3, -0.25) is 0 Å². The summed E-state index contributed by atoms with van der Waals surface area (Å²) in [4.78, 5) is 0. The van der Waals surface area contributed by atoms with Gasteiger partial charge in [0.15, 0.2) is 0 Å². The van der Waals surface area contributed by atoms with Crippen LogP contribution >= 0.6 is 0 Å². The second-order valence-electron chi connectivity index (χ2n) is 4.42. The second-order valence-corrected chi connectivity index (χ2v) is 4.42. The third-order valence-corrected chi connectivity index (χ3v) is 1.85. The first-order valence-electron chi connectivity index (χ1n) is 3.74. The molecule has 2 N–H and O–H groups in total. The molecular weight excluding hydrogens is 110 g/mol. The Kier molecular flexibility index (Phi) is 1.55. The molecule has 0 aromatic carbocycles. The van der Waals surface area contributed by atoms with Crippen LogP contribution in [0.4, 0.5) is 0 Å². The Bertz CT molecular complexity index is 102. The highest BCUT2D eigenvalue weighted by Crippen LogP contribution is 2.38. The summed E-state index contributed by atoms with van der Waals surface area (Å²) in [6, 6.07) is 0.532. The summed E-state index contributed by atoms with van der Waals surface area (Å²) in [7, 11) is 0. The summed E-state index contributed by atoms with van der Waals surface area (Å²) in [5.74, 6) is 0.838. The van der Waals surface area contributed by atoms with Crippen molar-refractivity contribution in [3.05, 3.63) is 0 Å². The van der Waals surface area contributed by atoms with Crippen LogP contribution in [-0.4, -0.2) is 6.04 Å². The van der Waals surface area contributed by atoms with E-state index in [4.69, 9.17) is 5.73 Å². The van der Waals surface area contributed by atoms with E-state index in [0.29, 0.717) is 11.5 Å². The average Bonchev–Trinajstić information content (AvgIpc) is 2.13. The SMILES string of the molecule is CC(C)(C)C[C@@H]1C[C@H]1N. The molecule has 0 amide bonds. The van der Waals surface area contributed by atoms with Gasteiger partial charge >= 0.3 is 0 Å². The summed E-state index contributed by atoms with van der Waals surface area (Å²) in [5.41, 5.74) is 6.16. The molecule has 0 saturated heterocycles. The topological polar surface area (TPSA) is 26.0 Å². The normalized spacial score (nSPS) is 34.7. The minimum absolute atomic E-state index is 0.485. The first-order valence-corrected chi connectivity index (χ1v) is 3.74. The highest BCUT2D eigenvalue weighted by atomic mass is 14.7. The maximum Gasteiger partial charge on any atom is 0.00711 e. The van der Waals surface area contributed by atoms with E-state index in [0.717, 1.165) is 5.92 Å². The molecule has 1 aliphatic carbocycles. The molecule has 0 heterocycles. The van der Waals surface area contributed by atoms with Crippen molar-refractivity contribution in [2.75, 3.05) is 0 Å². The van der Waals surface area contributed by atoms with Crippen LogP contribution in [0.2, 0.25) is 0 Å². The fraction of sp³-hybridized carbons (Fsp3) is 1.00. The van der Waals surface area contributed by atoms with E-state index in [9.17, 15) is 0 Å². The van der Waals surface area contributed by atoms with Crippen molar-refractivity contribution in [3.8, 4) is 0 Å². The van der Waals surface area contributed by atoms with Crippen molar-refractivity contribution >= 4 is 0 Å². The van der Waals surface area contributed by atoms with Crippen LogP contribution in [0.1, 0.15) is 33.6 Å². The molecule has 0 aliphatic heterocycles. The minimum atomic E-state index is 0.485. The summed E-state index contributed by atoms with van der Waals surface area (Å²) < 4.78 is 0. The lowest BCUT2D eigenvalue weighted by Gasteiger charge is -2.16. The molecule has 1 rings (SSSR count). The monoisotopic (exact) mass is 127 g/mol. The smallest absolute Gasteiger partial charge is 0.00711 e. The third kappa shape index (κ3) is 2.35. The van der Waals surface area contributed by atoms with E-state index < -0.39 is 0 Å². The van der Waals surface area contributed by atoms with E-state index >= 15 is 0 Å². The van der Waals surface area contributed by atoms with Crippen LogP contribution in [0.15, 0.2) is 0 Å². The largest absolute Gasteiger partial charge is 0.327 e. The van der Waals surface area contributed by atoms with Crippen LogP contribution in [-0.2, 0) is 0 Å². The molecule has 0 bridgehead atoms. The Balaban J connectivity index is 2.19. The highest BCUT2D eigenvalue weighted by molar-refractivity contribution is 4.92. The number of rotatable bonds is 1. The Morgan fingerprint density at radius 2 is 1.89 bits per heavy atom. The molecule has 2 atom stereocenters. The van der Waals surface area contributed by atoms with Gasteiger partial charge in [0, 0.05) is 6.04 Å². The van der Waals surface area contributed by atoms with E-state index in [-0.39, 0.29) is 0 Å². The van der Waals surface area contributed by atoms with Crippen molar-refractivity contribution in [2.24, 2.45) is 17.1 Å². The molecule has 0 aromatic heterocycles. The van der Waals surface area contributed by atoms with Crippen LogP contribution in [0.25, 0.3) is 0 Å². The Morgan fingerprint density at radius 1 is 1.44 bits per heavy atom. The maximum atomic E-state index is 5.67. The predicted molar refractivity (Wildman–Crippen MR) is 40.2 cm³/mol. The van der Waals surface area contributed by atoms with Crippen molar-refractivity contribution < 1.29 is 0 Å². The maximum absolute atomic E-state index is 5.67. The van der Waals surface area contributed by atoms with E-state index in [1.165, 1.54) is 12.8 Å². The van der Waals surface area contributed by atoms with Crippen LogP contribution in [0, 0.1) is 11.3 Å². The van der Waals surface area contributed by atoms with Gasteiger partial charge in [-0.15, -0.1) is 0 Å². The van der Waals surface area contributed by atoms with Crippen LogP contribution < -0.4 is 5.73 Å². The molecule has 1 saturated carbocycles. The second kappa shape index (κ2) is 1.98. The minimum Gasteiger partial charge on any atom is -0.327 e. The van der Waals surface area contributed by atoms with Gasteiger partial charge in [-0.05, 0) is 24.2 Å².